The van der Waals surface area contributed by atoms with Gasteiger partial charge in [0.25, 0.3) is 0 Å². The highest BCUT2D eigenvalue weighted by Crippen LogP contribution is 2.42. The summed E-state index contributed by atoms with van der Waals surface area (Å²) in [6, 6.07) is 20.4. The van der Waals surface area contributed by atoms with Crippen molar-refractivity contribution in [3.8, 4) is 45.2 Å². The summed E-state index contributed by atoms with van der Waals surface area (Å²) in [6.07, 6.45) is 3.89. The normalized spacial score (nSPS) is 11.5. The fraction of sp³-hybridized carbons (Fsp3) is 0.231. The molecule has 2 aromatic carbocycles. The smallest absolute Gasteiger partial charge is 0.158 e. The van der Waals surface area contributed by atoms with Crippen LogP contribution in [0.15, 0.2) is 77.5 Å². The molecule has 0 spiro atoms. The molecule has 154 valence electrons. The third kappa shape index (κ3) is 3.61. The molecule has 4 nitrogen and oxygen atoms in total. The van der Waals surface area contributed by atoms with Gasteiger partial charge >= 0.3 is 0 Å². The summed E-state index contributed by atoms with van der Waals surface area (Å²) in [5.41, 5.74) is 5.33. The molecular formula is C26H27NO3. The van der Waals surface area contributed by atoms with Crippen molar-refractivity contribution in [3.63, 3.8) is 0 Å². The molecule has 0 aliphatic heterocycles. The molecule has 0 unspecified atom stereocenters. The first-order valence-corrected chi connectivity index (χ1v) is 10.0. The average Bonchev–Trinajstić information content (AvgIpc) is 3.40. The Bertz CT molecular complexity index is 1130. The van der Waals surface area contributed by atoms with E-state index in [0.29, 0.717) is 0 Å². The minimum Gasteiger partial charge on any atom is -0.497 e. The van der Waals surface area contributed by atoms with E-state index in [2.05, 4.69) is 61.9 Å². The molecule has 30 heavy (non-hydrogen) atoms. The maximum Gasteiger partial charge on any atom is 0.158 e. The molecule has 2 heterocycles. The lowest BCUT2D eigenvalue weighted by molar-refractivity contribution is 0.399. The van der Waals surface area contributed by atoms with Crippen LogP contribution in [0.4, 0.5) is 0 Å². The highest BCUT2D eigenvalue weighted by molar-refractivity contribution is 5.88. The zero-order valence-electron chi connectivity index (χ0n) is 18.1. The van der Waals surface area contributed by atoms with E-state index in [4.69, 9.17) is 13.9 Å². The Balaban J connectivity index is 1.89. The predicted octanol–water partition coefficient (Wildman–Crippen LogP) is 6.85. The molecule has 2 aromatic heterocycles. The monoisotopic (exact) mass is 401 g/mol. The Hall–Kier alpha value is -3.40. The second-order valence-corrected chi connectivity index (χ2v) is 8.24. The Morgan fingerprint density at radius 2 is 1.23 bits per heavy atom. The van der Waals surface area contributed by atoms with Crippen LogP contribution in [-0.2, 0) is 5.54 Å². The molecule has 0 aliphatic rings. The van der Waals surface area contributed by atoms with Crippen molar-refractivity contribution in [2.45, 2.75) is 26.3 Å². The van der Waals surface area contributed by atoms with Gasteiger partial charge in [0.15, 0.2) is 5.76 Å². The van der Waals surface area contributed by atoms with Crippen molar-refractivity contribution in [2.75, 3.05) is 14.2 Å². The standard InChI is InChI=1S/C26H27NO3/c1-26(2,3)27-16-14-22(18-6-10-20(28-4)11-7-18)24(27)25-23(15-17-30-25)19-8-12-21(29-5)13-9-19/h6-17H,1-5H3. The molecule has 0 radical (unpaired) electrons. The van der Waals surface area contributed by atoms with Crippen molar-refractivity contribution in [1.82, 2.24) is 4.57 Å². The number of methoxy groups -OCH3 is 2. The minimum atomic E-state index is -0.107. The lowest BCUT2D eigenvalue weighted by Crippen LogP contribution is -2.21. The molecule has 0 aliphatic carbocycles. The topological polar surface area (TPSA) is 36.5 Å². The van der Waals surface area contributed by atoms with Gasteiger partial charge in [-0.2, -0.15) is 0 Å². The first kappa shape index (κ1) is 19.9. The van der Waals surface area contributed by atoms with E-state index in [1.165, 1.54) is 0 Å². The summed E-state index contributed by atoms with van der Waals surface area (Å²) >= 11 is 0. The molecule has 0 amide bonds. The molecule has 0 saturated heterocycles. The largest absolute Gasteiger partial charge is 0.497 e. The molecule has 4 aromatic rings. The number of hydrogen-bond donors (Lipinski definition) is 0. The van der Waals surface area contributed by atoms with Crippen LogP contribution in [0.5, 0.6) is 11.5 Å². The van der Waals surface area contributed by atoms with E-state index in [1.54, 1.807) is 20.5 Å². The van der Waals surface area contributed by atoms with Gasteiger partial charge < -0.3 is 18.5 Å². The third-order valence-electron chi connectivity index (χ3n) is 5.29. The van der Waals surface area contributed by atoms with Crippen molar-refractivity contribution >= 4 is 0 Å². The van der Waals surface area contributed by atoms with Crippen LogP contribution < -0.4 is 9.47 Å². The van der Waals surface area contributed by atoms with Gasteiger partial charge in [0.2, 0.25) is 0 Å². The third-order valence-corrected chi connectivity index (χ3v) is 5.29. The minimum absolute atomic E-state index is 0.107. The number of ether oxygens (including phenoxy) is 2. The predicted molar refractivity (Wildman–Crippen MR) is 121 cm³/mol. The summed E-state index contributed by atoms with van der Waals surface area (Å²) in [6.45, 7) is 6.60. The van der Waals surface area contributed by atoms with Gasteiger partial charge in [-0.25, -0.2) is 0 Å². The molecule has 4 heteroatoms. The van der Waals surface area contributed by atoms with Gasteiger partial charge in [0.1, 0.15) is 11.5 Å². The van der Waals surface area contributed by atoms with E-state index in [-0.39, 0.29) is 5.54 Å². The Kier molecular flexibility index (Phi) is 5.17. The first-order valence-electron chi connectivity index (χ1n) is 10.0. The average molecular weight is 402 g/mol. The highest BCUT2D eigenvalue weighted by Gasteiger charge is 2.25. The SMILES string of the molecule is COc1ccc(-c2ccoc2-c2c(-c3ccc(OC)cc3)ccn2C(C)(C)C)cc1. The molecular weight excluding hydrogens is 374 g/mol. The van der Waals surface area contributed by atoms with E-state index < -0.39 is 0 Å². The summed E-state index contributed by atoms with van der Waals surface area (Å²) < 4.78 is 19.0. The van der Waals surface area contributed by atoms with Crippen molar-refractivity contribution in [1.29, 1.82) is 0 Å². The molecule has 0 saturated carbocycles. The lowest BCUT2D eigenvalue weighted by Gasteiger charge is -2.25. The summed E-state index contributed by atoms with van der Waals surface area (Å²) in [5, 5.41) is 0. The molecule has 0 bridgehead atoms. The van der Waals surface area contributed by atoms with Crippen molar-refractivity contribution < 1.29 is 13.9 Å². The van der Waals surface area contributed by atoms with Gasteiger partial charge in [-0.1, -0.05) is 24.3 Å². The van der Waals surface area contributed by atoms with Crippen LogP contribution in [0.2, 0.25) is 0 Å². The van der Waals surface area contributed by atoms with Gasteiger partial charge in [-0.15, -0.1) is 0 Å². The van der Waals surface area contributed by atoms with Gasteiger partial charge in [0.05, 0.1) is 26.2 Å². The van der Waals surface area contributed by atoms with Crippen LogP contribution >= 0.6 is 0 Å². The van der Waals surface area contributed by atoms with Crippen LogP contribution in [-0.4, -0.2) is 18.8 Å². The number of aromatic nitrogens is 1. The van der Waals surface area contributed by atoms with Crippen molar-refractivity contribution in [2.24, 2.45) is 0 Å². The summed E-state index contributed by atoms with van der Waals surface area (Å²) in [5.74, 6) is 2.53. The molecule has 0 N–H and O–H groups in total. The van der Waals surface area contributed by atoms with Crippen LogP contribution in [0, 0.1) is 0 Å². The van der Waals surface area contributed by atoms with E-state index >= 15 is 0 Å². The molecule has 4 rings (SSSR count). The summed E-state index contributed by atoms with van der Waals surface area (Å²) in [7, 11) is 3.36. The van der Waals surface area contributed by atoms with E-state index in [9.17, 15) is 0 Å². The zero-order valence-corrected chi connectivity index (χ0v) is 18.1. The number of furan rings is 1. The van der Waals surface area contributed by atoms with Gasteiger partial charge in [-0.3, -0.25) is 0 Å². The fourth-order valence-electron chi connectivity index (χ4n) is 3.72. The van der Waals surface area contributed by atoms with E-state index in [0.717, 1.165) is 45.2 Å². The lowest BCUT2D eigenvalue weighted by atomic mass is 9.98. The van der Waals surface area contributed by atoms with Crippen LogP contribution in [0.3, 0.4) is 0 Å². The second-order valence-electron chi connectivity index (χ2n) is 8.24. The van der Waals surface area contributed by atoms with E-state index in [1.807, 2.05) is 30.3 Å². The fourth-order valence-corrected chi connectivity index (χ4v) is 3.72. The molecule has 0 atom stereocenters. The Morgan fingerprint density at radius 3 is 1.73 bits per heavy atom. The second kappa shape index (κ2) is 7.79. The van der Waals surface area contributed by atoms with Crippen LogP contribution in [0.1, 0.15) is 20.8 Å². The zero-order chi connectivity index (χ0) is 21.3. The van der Waals surface area contributed by atoms with Crippen LogP contribution in [0.25, 0.3) is 33.7 Å². The summed E-state index contributed by atoms with van der Waals surface area (Å²) in [4.78, 5) is 0. The number of rotatable bonds is 5. The maximum absolute atomic E-state index is 6.09. The van der Waals surface area contributed by atoms with Crippen molar-refractivity contribution in [3.05, 3.63) is 73.1 Å². The first-order chi connectivity index (χ1) is 14.4. The Morgan fingerprint density at radius 1 is 0.700 bits per heavy atom. The Labute approximate surface area is 177 Å². The number of benzene rings is 2. The van der Waals surface area contributed by atoms with Gasteiger partial charge in [0, 0.05) is 22.9 Å². The maximum atomic E-state index is 6.09. The molecule has 0 fully saturated rings. The number of hydrogen-bond acceptors (Lipinski definition) is 3. The number of nitrogens with zero attached hydrogens (tertiary/aromatic N) is 1. The van der Waals surface area contributed by atoms with Gasteiger partial charge in [-0.05, 0) is 68.3 Å². The quantitative estimate of drug-likeness (QED) is 0.367. The highest BCUT2D eigenvalue weighted by atomic mass is 16.5.